The van der Waals surface area contributed by atoms with Gasteiger partial charge in [-0.25, -0.2) is 0 Å². The molecule has 428 valence electrons. The van der Waals surface area contributed by atoms with Crippen LogP contribution in [0.5, 0.6) is 0 Å². The Balaban J connectivity index is 1.02. The van der Waals surface area contributed by atoms with E-state index < -0.39 is 52.5 Å². The summed E-state index contributed by atoms with van der Waals surface area (Å²) in [5.41, 5.74) is 1.40. The summed E-state index contributed by atoms with van der Waals surface area (Å²) in [6, 6.07) is 10.7. The number of amides is 7. The third-order valence-corrected chi connectivity index (χ3v) is 13.4. The van der Waals surface area contributed by atoms with Crippen LogP contribution in [0.15, 0.2) is 93.5 Å². The fourth-order valence-corrected chi connectivity index (χ4v) is 8.71. The third-order valence-electron chi connectivity index (χ3n) is 12.3. The molecule has 0 spiro atoms. The van der Waals surface area contributed by atoms with Crippen LogP contribution in [0.1, 0.15) is 75.2 Å². The Bertz CT molecular complexity index is 2800. The Morgan fingerprint density at radius 1 is 0.912 bits per heavy atom. The normalized spacial score (nSPS) is 14.4. The Kier molecular flexibility index (Phi) is 25.7. The minimum absolute atomic E-state index is 0.00259. The number of rotatable bonds is 33. The number of nitrogens with zero attached hydrogens (tertiary/aromatic N) is 7. The summed E-state index contributed by atoms with van der Waals surface area (Å²) < 4.78 is 23.4. The zero-order valence-corrected chi connectivity index (χ0v) is 46.0. The zero-order valence-electron chi connectivity index (χ0n) is 45.2. The highest BCUT2D eigenvalue weighted by atomic mass is 32.2. The maximum atomic E-state index is 14.0. The van der Waals surface area contributed by atoms with Gasteiger partial charge in [0.05, 0.1) is 82.5 Å². The number of aromatic nitrogens is 4. The average Bonchev–Trinajstić information content (AvgIpc) is 4.21. The molecule has 2 heterocycles. The molecule has 1 fully saturated rings. The molecule has 2 aromatic carbocycles. The maximum absolute atomic E-state index is 14.0. The Morgan fingerprint density at radius 2 is 1.55 bits per heavy atom. The zero-order chi connectivity index (χ0) is 58.0. The molecule has 3 aromatic rings. The van der Waals surface area contributed by atoms with Crippen molar-refractivity contribution in [1.82, 2.24) is 41.7 Å². The van der Waals surface area contributed by atoms with Gasteiger partial charge in [-0.15, -0.1) is 0 Å². The summed E-state index contributed by atoms with van der Waals surface area (Å²) in [6.45, 7) is 11.5. The van der Waals surface area contributed by atoms with Gasteiger partial charge in [0, 0.05) is 60.8 Å². The molecule has 0 radical (unpaired) electrons. The van der Waals surface area contributed by atoms with E-state index in [1.807, 2.05) is 0 Å². The number of carbonyl (C=O) groups is 7. The molecule has 7 amide bonds. The number of H-pyrrole nitrogens is 1. The van der Waals surface area contributed by atoms with Crippen LogP contribution < -0.4 is 31.3 Å². The molecule has 0 unspecified atom stereocenters. The first-order valence-corrected chi connectivity index (χ1v) is 26.8. The number of aryl methyl sites for hydroxylation is 1. The maximum Gasteiger partial charge on any atom is 0.364 e. The quantitative estimate of drug-likeness (QED) is 0.00588. The van der Waals surface area contributed by atoms with Crippen molar-refractivity contribution in [3.63, 3.8) is 0 Å². The number of nitrogens with one attached hydrogen (secondary N) is 6. The number of hydrogen-bond donors (Lipinski definition) is 6. The molecule has 26 nitrogen and oxygen atoms in total. The van der Waals surface area contributed by atoms with Crippen LogP contribution in [0.4, 0.5) is 11.4 Å². The van der Waals surface area contributed by atoms with Gasteiger partial charge in [0.25, 0.3) is 23.4 Å². The predicted molar refractivity (Wildman–Crippen MR) is 289 cm³/mol. The summed E-state index contributed by atoms with van der Waals surface area (Å²) in [5.74, 6) is -3.66. The first kappa shape index (κ1) is 62.8. The summed E-state index contributed by atoms with van der Waals surface area (Å²) in [6.07, 6.45) is 7.81. The van der Waals surface area contributed by atoms with Crippen molar-refractivity contribution in [1.29, 1.82) is 5.26 Å². The SMILES string of the molecule is C=C(/C=C(/C#N)C(=NCc1ccc(NC(=O)[C@H](C)NC(=O)[C@@H](NC(=O)CCOCCOCCOCCOCCNC(=O)CCN2C(=O)C=CC2=O)C(C)C)cc1)NC(=O)c1cc([N+](=O)[O-])ccc1Sc1nn[nH][n+]1C)C1CCCC1. The van der Waals surface area contributed by atoms with Crippen molar-refractivity contribution >= 4 is 70.3 Å². The highest BCUT2D eigenvalue weighted by Crippen LogP contribution is 2.32. The van der Waals surface area contributed by atoms with Crippen molar-refractivity contribution in [2.24, 2.45) is 23.9 Å². The molecule has 5 rings (SSSR count). The second-order valence-electron chi connectivity index (χ2n) is 18.7. The van der Waals surface area contributed by atoms with Crippen molar-refractivity contribution in [2.45, 2.75) is 88.0 Å². The molecule has 1 aromatic heterocycles. The van der Waals surface area contributed by atoms with Crippen molar-refractivity contribution in [3.05, 3.63) is 99.7 Å². The summed E-state index contributed by atoms with van der Waals surface area (Å²) in [5, 5.41) is 46.4. The fourth-order valence-electron chi connectivity index (χ4n) is 7.85. The van der Waals surface area contributed by atoms with E-state index in [0.717, 1.165) is 48.4 Å². The first-order chi connectivity index (χ1) is 38.4. The number of aliphatic imine (C=N–C) groups is 1. The largest absolute Gasteiger partial charge is 0.379 e. The number of amidine groups is 1. The van der Waals surface area contributed by atoms with Crippen LogP contribution >= 0.6 is 11.8 Å². The van der Waals surface area contributed by atoms with E-state index in [1.165, 1.54) is 35.9 Å². The van der Waals surface area contributed by atoms with Gasteiger partial charge >= 0.3 is 5.16 Å². The number of nitriles is 1. The molecular formula is C53H68N13O13S+. The second kappa shape index (κ2) is 32.8. The highest BCUT2D eigenvalue weighted by Gasteiger charge is 2.29. The van der Waals surface area contributed by atoms with E-state index >= 15 is 0 Å². The molecule has 2 aliphatic rings. The number of nitro benzene ring substituents is 1. The highest BCUT2D eigenvalue weighted by molar-refractivity contribution is 7.99. The lowest BCUT2D eigenvalue weighted by molar-refractivity contribution is -0.765. The fraction of sp³-hybridized carbons (Fsp3) is 0.472. The lowest BCUT2D eigenvalue weighted by Gasteiger charge is -2.24. The van der Waals surface area contributed by atoms with Gasteiger partial charge in [-0.2, -0.15) is 9.94 Å². The molecule has 1 aliphatic heterocycles. The van der Waals surface area contributed by atoms with Crippen LogP contribution in [0.25, 0.3) is 0 Å². The van der Waals surface area contributed by atoms with Crippen molar-refractivity contribution in [3.8, 4) is 6.07 Å². The van der Waals surface area contributed by atoms with Crippen LogP contribution in [-0.4, -0.2) is 151 Å². The Morgan fingerprint density at radius 3 is 2.15 bits per heavy atom. The van der Waals surface area contributed by atoms with E-state index in [2.05, 4.69) is 59.7 Å². The number of imide groups is 1. The van der Waals surface area contributed by atoms with E-state index in [0.29, 0.717) is 53.3 Å². The second-order valence-corrected chi connectivity index (χ2v) is 19.7. The number of aromatic amines is 1. The number of anilines is 1. The minimum Gasteiger partial charge on any atom is -0.379 e. The molecule has 0 bridgehead atoms. The van der Waals surface area contributed by atoms with Crippen LogP contribution in [0, 0.1) is 33.3 Å². The number of hydrogen-bond acceptors (Lipinski definition) is 18. The van der Waals surface area contributed by atoms with Gasteiger partial charge in [-0.3, -0.25) is 53.6 Å². The van der Waals surface area contributed by atoms with E-state index in [9.17, 15) is 48.9 Å². The number of non-ortho nitro benzene ring substituents is 1. The molecular weight excluding hydrogens is 1060 g/mol. The lowest BCUT2D eigenvalue weighted by atomic mass is 9.97. The number of ether oxygens (including phenoxy) is 4. The van der Waals surface area contributed by atoms with Crippen molar-refractivity contribution < 1.29 is 62.1 Å². The summed E-state index contributed by atoms with van der Waals surface area (Å²) >= 11 is 1.05. The van der Waals surface area contributed by atoms with Crippen LogP contribution in [0.3, 0.4) is 0 Å². The Hall–Kier alpha value is -8.03. The standard InChI is InChI=1S/C53H67N13O13S/c1-34(2)48(59-45(68)19-22-76-24-26-78-28-29-79-27-25-77-23-20-55-44(67)18-21-65-46(69)16-17-47(65)70)52(73)57-36(4)50(71)58-40-12-10-37(11-13-40)33-56-49(39(32-54)30-35(3)38-8-6-7-9-38)60-51(72)42-31-41(66(74)75)14-15-43(42)80-53-61-62-63-64(53)5/h10-17,30-31,34,36,38,48H,3,6-9,18-29,33H2,1-2,4-5H3,(H5,55,56,57,58,59,60,67,68,71,72,73)/p+1/b39-30-/t36-,48-/m0/s1. The van der Waals surface area contributed by atoms with Gasteiger partial charge in [-0.1, -0.05) is 56.2 Å². The number of benzene rings is 2. The van der Waals surface area contributed by atoms with Gasteiger partial charge in [0.1, 0.15) is 29.1 Å². The number of carbonyl (C=O) groups excluding carboxylic acids is 7. The van der Waals surface area contributed by atoms with Gasteiger partial charge in [0.15, 0.2) is 5.21 Å². The number of nitro groups is 1. The molecule has 0 saturated heterocycles. The topological polar surface area (TPSA) is 345 Å². The third kappa shape index (κ3) is 20.6. The van der Waals surface area contributed by atoms with Crippen LogP contribution in [-0.2, 0) is 61.3 Å². The van der Waals surface area contributed by atoms with E-state index in [4.69, 9.17) is 18.9 Å². The molecule has 6 N–H and O–H groups in total. The molecule has 80 heavy (non-hydrogen) atoms. The van der Waals surface area contributed by atoms with Gasteiger partial charge in [0.2, 0.25) is 23.6 Å². The predicted octanol–water partition coefficient (Wildman–Crippen LogP) is 2.69. The lowest BCUT2D eigenvalue weighted by Crippen LogP contribution is -2.53. The van der Waals surface area contributed by atoms with E-state index in [-0.39, 0.29) is 99.3 Å². The number of allylic oxidation sites excluding steroid dienone is 2. The van der Waals surface area contributed by atoms with E-state index in [1.54, 1.807) is 51.2 Å². The monoisotopic (exact) mass is 1130 g/mol. The van der Waals surface area contributed by atoms with Gasteiger partial charge < -0.3 is 45.5 Å². The smallest absolute Gasteiger partial charge is 0.364 e. The summed E-state index contributed by atoms with van der Waals surface area (Å²) in [4.78, 5) is 106. The molecule has 27 heteroatoms. The first-order valence-electron chi connectivity index (χ1n) is 25.9. The average molecular weight is 1130 g/mol. The molecule has 1 saturated carbocycles. The Labute approximate surface area is 466 Å². The van der Waals surface area contributed by atoms with Crippen molar-refractivity contribution in [2.75, 3.05) is 71.3 Å². The van der Waals surface area contributed by atoms with Gasteiger partial charge in [-0.05, 0) is 73.2 Å². The molecule has 1 aliphatic carbocycles. The van der Waals surface area contributed by atoms with Crippen LogP contribution in [0.2, 0.25) is 0 Å². The number of tetrazole rings is 1. The minimum atomic E-state index is -0.997. The summed E-state index contributed by atoms with van der Waals surface area (Å²) in [7, 11) is 1.66. The molecule has 2 atom stereocenters.